The van der Waals surface area contributed by atoms with Crippen LogP contribution in [0.3, 0.4) is 0 Å². The summed E-state index contributed by atoms with van der Waals surface area (Å²) in [5, 5.41) is 5.35. The fourth-order valence-electron chi connectivity index (χ4n) is 2.27. The molecule has 0 aliphatic rings. The highest BCUT2D eigenvalue weighted by Gasteiger charge is 2.09. The van der Waals surface area contributed by atoms with E-state index >= 15 is 0 Å². The van der Waals surface area contributed by atoms with Crippen LogP contribution in [0.25, 0.3) is 22.2 Å². The third-order valence-corrected chi connectivity index (χ3v) is 3.30. The van der Waals surface area contributed by atoms with Gasteiger partial charge in [0.25, 0.3) is 0 Å². The normalized spacial score (nSPS) is 11.1. The Morgan fingerprint density at radius 3 is 3.05 bits per heavy atom. The van der Waals surface area contributed by atoms with E-state index in [0.717, 1.165) is 22.2 Å². The number of rotatable bonds is 4. The first-order chi connectivity index (χ1) is 9.65. The first kappa shape index (κ1) is 12.4. The average molecular weight is 269 g/mol. The van der Waals surface area contributed by atoms with Gasteiger partial charge in [0, 0.05) is 49.6 Å². The number of primary amides is 1. The molecule has 0 aliphatic heterocycles. The van der Waals surface area contributed by atoms with Gasteiger partial charge in [-0.2, -0.15) is 5.10 Å². The SMILES string of the molecule is Cn1ccc2c(-c3cnn(CCC(N)=O)c3)ccnc21. The lowest BCUT2D eigenvalue weighted by Gasteiger charge is -2.01. The predicted octanol–water partition coefficient (Wildman–Crippen LogP) is 1.31. The van der Waals surface area contributed by atoms with Crippen molar-refractivity contribution in [2.75, 3.05) is 0 Å². The van der Waals surface area contributed by atoms with E-state index in [-0.39, 0.29) is 12.3 Å². The van der Waals surface area contributed by atoms with Crippen molar-refractivity contribution in [3.8, 4) is 11.1 Å². The number of nitrogens with two attached hydrogens (primary N) is 1. The molecule has 2 N–H and O–H groups in total. The molecule has 0 radical (unpaired) electrons. The zero-order valence-electron chi connectivity index (χ0n) is 11.2. The number of carbonyl (C=O) groups is 1. The van der Waals surface area contributed by atoms with Gasteiger partial charge >= 0.3 is 0 Å². The number of fused-ring (bicyclic) bond motifs is 1. The van der Waals surface area contributed by atoms with Crippen molar-refractivity contribution < 1.29 is 4.79 Å². The van der Waals surface area contributed by atoms with Gasteiger partial charge in [-0.15, -0.1) is 0 Å². The van der Waals surface area contributed by atoms with E-state index in [1.54, 1.807) is 17.1 Å². The molecule has 3 rings (SSSR count). The minimum Gasteiger partial charge on any atom is -0.370 e. The topological polar surface area (TPSA) is 78.7 Å². The van der Waals surface area contributed by atoms with Crippen LogP contribution < -0.4 is 5.73 Å². The van der Waals surface area contributed by atoms with Gasteiger partial charge in [0.15, 0.2) is 0 Å². The highest BCUT2D eigenvalue weighted by molar-refractivity contribution is 5.92. The van der Waals surface area contributed by atoms with Gasteiger partial charge in [-0.1, -0.05) is 0 Å². The van der Waals surface area contributed by atoms with Crippen molar-refractivity contribution >= 4 is 16.9 Å². The molecule has 20 heavy (non-hydrogen) atoms. The smallest absolute Gasteiger partial charge is 0.219 e. The second kappa shape index (κ2) is 4.80. The number of aromatic nitrogens is 4. The molecular weight excluding hydrogens is 254 g/mol. The van der Waals surface area contributed by atoms with E-state index in [0.29, 0.717) is 6.54 Å². The molecule has 6 heteroatoms. The Morgan fingerprint density at radius 1 is 1.40 bits per heavy atom. The highest BCUT2D eigenvalue weighted by Crippen LogP contribution is 2.27. The zero-order valence-corrected chi connectivity index (χ0v) is 11.2. The quantitative estimate of drug-likeness (QED) is 0.775. The van der Waals surface area contributed by atoms with Gasteiger partial charge in [-0.3, -0.25) is 9.48 Å². The van der Waals surface area contributed by atoms with Crippen LogP contribution >= 0.6 is 0 Å². The van der Waals surface area contributed by atoms with E-state index < -0.39 is 0 Å². The summed E-state index contributed by atoms with van der Waals surface area (Å²) < 4.78 is 3.71. The Labute approximate surface area is 115 Å². The van der Waals surface area contributed by atoms with Crippen LogP contribution in [0, 0.1) is 0 Å². The molecule has 0 saturated heterocycles. The molecule has 0 bridgehead atoms. The lowest BCUT2D eigenvalue weighted by molar-refractivity contribution is -0.118. The lowest BCUT2D eigenvalue weighted by atomic mass is 10.1. The third-order valence-electron chi connectivity index (χ3n) is 3.30. The number of carbonyl (C=O) groups excluding carboxylic acids is 1. The van der Waals surface area contributed by atoms with Crippen molar-refractivity contribution in [2.45, 2.75) is 13.0 Å². The fourth-order valence-corrected chi connectivity index (χ4v) is 2.27. The number of nitrogens with zero attached hydrogens (tertiary/aromatic N) is 4. The van der Waals surface area contributed by atoms with Gasteiger partial charge in [0.05, 0.1) is 6.20 Å². The van der Waals surface area contributed by atoms with E-state index in [1.807, 2.05) is 36.1 Å². The minimum atomic E-state index is -0.323. The maximum atomic E-state index is 10.8. The van der Waals surface area contributed by atoms with Crippen LogP contribution in [-0.2, 0) is 18.4 Å². The number of aryl methyl sites for hydroxylation is 2. The number of amides is 1. The Balaban J connectivity index is 1.97. The molecule has 0 unspecified atom stereocenters. The van der Waals surface area contributed by atoms with Crippen LogP contribution in [0.1, 0.15) is 6.42 Å². The second-order valence-electron chi connectivity index (χ2n) is 4.73. The first-order valence-corrected chi connectivity index (χ1v) is 6.36. The molecule has 0 spiro atoms. The van der Waals surface area contributed by atoms with E-state index in [9.17, 15) is 4.79 Å². The van der Waals surface area contributed by atoms with Crippen molar-refractivity contribution in [3.63, 3.8) is 0 Å². The standard InChI is InChI=1S/C14H15N5O/c1-18-6-3-12-11(2-5-16-14(12)18)10-8-17-19(9-10)7-4-13(15)20/h2-3,5-6,8-9H,4,7H2,1H3,(H2,15,20). The molecule has 0 fully saturated rings. The number of hydrogen-bond donors (Lipinski definition) is 1. The summed E-state index contributed by atoms with van der Waals surface area (Å²) in [7, 11) is 1.97. The van der Waals surface area contributed by atoms with Crippen LogP contribution in [-0.4, -0.2) is 25.2 Å². The van der Waals surface area contributed by atoms with Crippen LogP contribution in [0.15, 0.2) is 36.9 Å². The average Bonchev–Trinajstić information content (AvgIpc) is 3.04. The Morgan fingerprint density at radius 2 is 2.25 bits per heavy atom. The summed E-state index contributed by atoms with van der Waals surface area (Å²) in [5.41, 5.74) is 8.17. The zero-order chi connectivity index (χ0) is 14.1. The largest absolute Gasteiger partial charge is 0.370 e. The molecule has 1 amide bonds. The van der Waals surface area contributed by atoms with E-state index in [4.69, 9.17) is 5.73 Å². The predicted molar refractivity (Wildman–Crippen MR) is 75.7 cm³/mol. The molecule has 0 aliphatic carbocycles. The molecule has 3 aromatic heterocycles. The van der Waals surface area contributed by atoms with Crippen LogP contribution in [0.5, 0.6) is 0 Å². The summed E-state index contributed by atoms with van der Waals surface area (Å²) in [5.74, 6) is -0.323. The Kier molecular flexibility index (Phi) is 2.98. The molecule has 6 nitrogen and oxygen atoms in total. The molecule has 0 atom stereocenters. The fraction of sp³-hybridized carbons (Fsp3) is 0.214. The number of hydrogen-bond acceptors (Lipinski definition) is 3. The minimum absolute atomic E-state index is 0.290. The van der Waals surface area contributed by atoms with Crippen molar-refractivity contribution in [1.82, 2.24) is 19.3 Å². The van der Waals surface area contributed by atoms with Gasteiger partial charge in [-0.05, 0) is 17.7 Å². The van der Waals surface area contributed by atoms with Crippen LogP contribution in [0.2, 0.25) is 0 Å². The number of pyridine rings is 1. The summed E-state index contributed by atoms with van der Waals surface area (Å²) in [6.07, 6.45) is 7.78. The summed E-state index contributed by atoms with van der Waals surface area (Å²) in [4.78, 5) is 15.2. The van der Waals surface area contributed by atoms with Gasteiger partial charge in [0.2, 0.25) is 5.91 Å². The third kappa shape index (κ3) is 2.16. The molecular formula is C14H15N5O. The maximum Gasteiger partial charge on any atom is 0.219 e. The maximum absolute atomic E-state index is 10.8. The monoisotopic (exact) mass is 269 g/mol. The lowest BCUT2D eigenvalue weighted by Crippen LogP contribution is -2.13. The molecule has 102 valence electrons. The molecule has 0 saturated carbocycles. The highest BCUT2D eigenvalue weighted by atomic mass is 16.1. The van der Waals surface area contributed by atoms with Crippen molar-refractivity contribution in [2.24, 2.45) is 12.8 Å². The summed E-state index contributed by atoms with van der Waals surface area (Å²) >= 11 is 0. The summed E-state index contributed by atoms with van der Waals surface area (Å²) in [6.45, 7) is 0.498. The van der Waals surface area contributed by atoms with E-state index in [1.165, 1.54) is 0 Å². The Hall–Kier alpha value is -2.63. The summed E-state index contributed by atoms with van der Waals surface area (Å²) in [6, 6.07) is 4.01. The van der Waals surface area contributed by atoms with Gasteiger partial charge in [-0.25, -0.2) is 4.98 Å². The molecule has 0 aromatic carbocycles. The Bertz CT molecular complexity index is 771. The van der Waals surface area contributed by atoms with Crippen molar-refractivity contribution in [1.29, 1.82) is 0 Å². The van der Waals surface area contributed by atoms with Crippen molar-refractivity contribution in [3.05, 3.63) is 36.9 Å². The van der Waals surface area contributed by atoms with Crippen LogP contribution in [0.4, 0.5) is 0 Å². The molecule has 3 heterocycles. The molecule has 3 aromatic rings. The first-order valence-electron chi connectivity index (χ1n) is 6.36. The second-order valence-corrected chi connectivity index (χ2v) is 4.73. The van der Waals surface area contributed by atoms with Gasteiger partial charge < -0.3 is 10.3 Å². The van der Waals surface area contributed by atoms with Gasteiger partial charge in [0.1, 0.15) is 5.65 Å². The van der Waals surface area contributed by atoms with E-state index in [2.05, 4.69) is 10.1 Å².